The average molecular weight is 481 g/mol. The maximum Gasteiger partial charge on any atom is 0.336 e. The molecule has 35 heavy (non-hydrogen) atoms. The number of carbonyl (C=O) groups excluding carboxylic acids is 2. The van der Waals surface area contributed by atoms with E-state index in [4.69, 9.17) is 9.47 Å². The molecule has 0 amide bonds. The monoisotopic (exact) mass is 480 g/mol. The molecule has 0 aromatic heterocycles. The van der Waals surface area contributed by atoms with Crippen molar-refractivity contribution >= 4 is 11.8 Å². The van der Waals surface area contributed by atoms with Gasteiger partial charge in [-0.3, -0.25) is 4.79 Å². The van der Waals surface area contributed by atoms with Crippen LogP contribution >= 0.6 is 0 Å². The molecular formula is C29H36O6. The zero-order valence-corrected chi connectivity index (χ0v) is 20.9. The first kappa shape index (κ1) is 22.4. The van der Waals surface area contributed by atoms with Crippen LogP contribution < -0.4 is 0 Å². The van der Waals surface area contributed by atoms with Crippen LogP contribution in [0.1, 0.15) is 59.3 Å². The lowest BCUT2D eigenvalue weighted by Gasteiger charge is -2.54. The number of hydrogen-bond acceptors (Lipinski definition) is 6. The fraction of sp³-hybridized carbons (Fsp3) is 0.724. The number of fused-ring (bicyclic) bond motifs is 2. The lowest BCUT2D eigenvalue weighted by molar-refractivity contribution is -0.152. The third-order valence-corrected chi connectivity index (χ3v) is 12.2. The fourth-order valence-corrected chi connectivity index (χ4v) is 10.6. The first-order valence-corrected chi connectivity index (χ1v) is 13.4. The third-order valence-electron chi connectivity index (χ3n) is 12.2. The zero-order chi connectivity index (χ0) is 24.7. The molecule has 0 radical (unpaired) electrons. The number of hydrogen-bond donors (Lipinski definition) is 2. The molecule has 4 saturated carbocycles. The van der Waals surface area contributed by atoms with E-state index >= 15 is 0 Å². The van der Waals surface area contributed by atoms with Crippen molar-refractivity contribution in [2.24, 2.45) is 39.9 Å². The summed E-state index contributed by atoms with van der Waals surface area (Å²) in [7, 11) is 0. The molecule has 1 saturated heterocycles. The number of epoxide rings is 1. The number of ketones is 1. The lowest BCUT2D eigenvalue weighted by atomic mass is 9.49. The van der Waals surface area contributed by atoms with Gasteiger partial charge in [0.15, 0.2) is 5.78 Å². The highest BCUT2D eigenvalue weighted by Crippen LogP contribution is 2.91. The number of rotatable bonds is 3. The predicted octanol–water partition coefficient (Wildman–Crippen LogP) is 3.27. The maximum atomic E-state index is 13.5. The van der Waals surface area contributed by atoms with Gasteiger partial charge in [0, 0.05) is 11.8 Å². The summed E-state index contributed by atoms with van der Waals surface area (Å²) in [5.74, 6) is 1.16. The van der Waals surface area contributed by atoms with Crippen molar-refractivity contribution in [1.82, 2.24) is 0 Å². The van der Waals surface area contributed by atoms with Gasteiger partial charge in [0.05, 0.1) is 23.7 Å². The van der Waals surface area contributed by atoms with Gasteiger partial charge in [0.1, 0.15) is 17.8 Å². The Hall–Kier alpha value is -1.76. The van der Waals surface area contributed by atoms with E-state index < -0.39 is 17.1 Å². The Morgan fingerprint density at radius 1 is 1.23 bits per heavy atom. The average Bonchev–Trinajstić information content (AvgIpc) is 3.63. The summed E-state index contributed by atoms with van der Waals surface area (Å²) in [6.07, 6.45) is 7.91. The molecule has 11 unspecified atom stereocenters. The van der Waals surface area contributed by atoms with Crippen molar-refractivity contribution in [3.8, 4) is 0 Å². The number of carbonyl (C=O) groups is 2. The number of allylic oxidation sites excluding steroid dienone is 1. The molecule has 5 fully saturated rings. The summed E-state index contributed by atoms with van der Waals surface area (Å²) in [6, 6.07) is 0. The summed E-state index contributed by atoms with van der Waals surface area (Å²) >= 11 is 0. The summed E-state index contributed by atoms with van der Waals surface area (Å²) in [4.78, 5) is 26.0. The van der Waals surface area contributed by atoms with Crippen LogP contribution in [0.3, 0.4) is 0 Å². The van der Waals surface area contributed by atoms with E-state index in [-0.39, 0.29) is 47.3 Å². The molecular weight excluding hydrogens is 444 g/mol. The van der Waals surface area contributed by atoms with Crippen LogP contribution in [-0.4, -0.2) is 52.5 Å². The summed E-state index contributed by atoms with van der Waals surface area (Å²) in [5.41, 5.74) is 0.685. The number of aliphatic hydroxyl groups excluding tert-OH is 2. The maximum absolute atomic E-state index is 13.5. The Labute approximate surface area is 206 Å². The molecule has 6 heteroatoms. The Kier molecular flexibility index (Phi) is 4.21. The van der Waals surface area contributed by atoms with Gasteiger partial charge in [0.2, 0.25) is 0 Å². The Balaban J connectivity index is 1.20. The molecule has 0 aromatic rings. The molecule has 0 bridgehead atoms. The van der Waals surface area contributed by atoms with Gasteiger partial charge in [0.25, 0.3) is 0 Å². The van der Waals surface area contributed by atoms with E-state index in [1.54, 1.807) is 12.2 Å². The highest BCUT2D eigenvalue weighted by atomic mass is 16.6. The molecule has 3 spiro atoms. The van der Waals surface area contributed by atoms with E-state index in [2.05, 4.69) is 20.4 Å². The van der Waals surface area contributed by atoms with Crippen LogP contribution in [0.25, 0.3) is 0 Å². The topological polar surface area (TPSA) is 96.4 Å². The fourth-order valence-electron chi connectivity index (χ4n) is 10.6. The van der Waals surface area contributed by atoms with Crippen LogP contribution in [-0.2, 0) is 19.1 Å². The summed E-state index contributed by atoms with van der Waals surface area (Å²) in [6.45, 7) is 10.8. The normalized spacial score (nSPS) is 54.3. The van der Waals surface area contributed by atoms with Gasteiger partial charge in [-0.25, -0.2) is 4.79 Å². The predicted molar refractivity (Wildman–Crippen MR) is 127 cm³/mol. The number of cyclic esters (lactones) is 1. The third kappa shape index (κ3) is 2.18. The second-order valence-corrected chi connectivity index (χ2v) is 12.8. The van der Waals surface area contributed by atoms with E-state index in [1.807, 2.05) is 6.92 Å². The minimum absolute atomic E-state index is 0.0772. The molecule has 2 aliphatic heterocycles. The highest BCUT2D eigenvalue weighted by molar-refractivity contribution is 6.06. The zero-order valence-electron chi connectivity index (χ0n) is 20.9. The van der Waals surface area contributed by atoms with Crippen molar-refractivity contribution in [3.05, 3.63) is 35.5 Å². The molecule has 2 N–H and O–H groups in total. The Bertz CT molecular complexity index is 1140. The minimum Gasteiger partial charge on any atom is -0.458 e. The van der Waals surface area contributed by atoms with Gasteiger partial charge in [-0.15, -0.1) is 0 Å². The number of esters is 1. The van der Waals surface area contributed by atoms with Crippen molar-refractivity contribution in [2.45, 2.75) is 83.2 Å². The molecule has 5 aliphatic carbocycles. The molecule has 11 atom stereocenters. The molecule has 188 valence electrons. The van der Waals surface area contributed by atoms with E-state index in [9.17, 15) is 19.8 Å². The number of ether oxygens (including phenoxy) is 2. The minimum atomic E-state index is -0.782. The van der Waals surface area contributed by atoms with Crippen molar-refractivity contribution < 1.29 is 29.3 Å². The van der Waals surface area contributed by atoms with Crippen molar-refractivity contribution in [3.63, 3.8) is 0 Å². The van der Waals surface area contributed by atoms with E-state index in [1.165, 1.54) is 0 Å². The molecule has 7 aliphatic rings. The van der Waals surface area contributed by atoms with Crippen molar-refractivity contribution in [1.29, 1.82) is 0 Å². The van der Waals surface area contributed by atoms with Gasteiger partial charge >= 0.3 is 5.97 Å². The van der Waals surface area contributed by atoms with Gasteiger partial charge in [-0.2, -0.15) is 0 Å². The van der Waals surface area contributed by atoms with E-state index in [0.29, 0.717) is 29.7 Å². The lowest BCUT2D eigenvalue weighted by Crippen LogP contribution is -2.57. The summed E-state index contributed by atoms with van der Waals surface area (Å²) < 4.78 is 12.1. The van der Waals surface area contributed by atoms with Gasteiger partial charge < -0.3 is 19.7 Å². The smallest absolute Gasteiger partial charge is 0.336 e. The van der Waals surface area contributed by atoms with E-state index in [0.717, 1.165) is 43.3 Å². The number of aliphatic hydroxyl groups is 2. The van der Waals surface area contributed by atoms with Crippen LogP contribution in [0.5, 0.6) is 0 Å². The Morgan fingerprint density at radius 3 is 2.71 bits per heavy atom. The Morgan fingerprint density at radius 2 is 2.00 bits per heavy atom. The second-order valence-electron chi connectivity index (χ2n) is 12.8. The largest absolute Gasteiger partial charge is 0.458 e. The van der Waals surface area contributed by atoms with Gasteiger partial charge in [-0.05, 0) is 80.3 Å². The van der Waals surface area contributed by atoms with Gasteiger partial charge in [-0.1, -0.05) is 31.6 Å². The molecule has 7 rings (SSSR count). The van der Waals surface area contributed by atoms with Crippen LogP contribution in [0.4, 0.5) is 0 Å². The van der Waals surface area contributed by atoms with Crippen LogP contribution in [0.15, 0.2) is 35.5 Å². The first-order valence-electron chi connectivity index (χ1n) is 13.4. The molecule has 2 heterocycles. The molecule has 0 aromatic carbocycles. The quantitative estimate of drug-likeness (QED) is 0.366. The highest BCUT2D eigenvalue weighted by Gasteiger charge is 2.96. The standard InChI is InChI=1S/C29H36O6/c1-14-11-21(34-25(33)17(14)13-30)15(2)18-5-6-19-20-12-24-29(35-24)23(32)8-7-22(31)28(29)16(3)27(20,28)10-9-26(18,19)4/h7-8,15,18-21,23-24,30,32H,3,5-6,9-13H2,1-2,4H3. The second kappa shape index (κ2) is 6.56. The SMILES string of the molecule is C=C1C23CCC4(C)C(C(C)C5CC(C)=C(CO)C(=O)O5)CCC4C2CC2OC24C(O)C=CC(=O)C134. The van der Waals surface area contributed by atoms with Crippen molar-refractivity contribution in [2.75, 3.05) is 6.61 Å². The molecule has 6 nitrogen and oxygen atoms in total. The van der Waals surface area contributed by atoms with Crippen LogP contribution in [0.2, 0.25) is 0 Å². The first-order chi connectivity index (χ1) is 16.6. The van der Waals surface area contributed by atoms with Crippen LogP contribution in [0, 0.1) is 39.9 Å². The summed E-state index contributed by atoms with van der Waals surface area (Å²) in [5, 5.41) is 20.5.